The lowest BCUT2D eigenvalue weighted by Gasteiger charge is -2.39. The standard InChI is InChI=1S/C14H28O2Si/c1-5-9-16-13(15)12(2)14(3,4)17-10-7-6-8-11-17/h12,17H,5-11H2,1-4H3. The molecule has 0 aromatic carbocycles. The van der Waals surface area contributed by atoms with Crippen LogP contribution in [0.1, 0.15) is 53.4 Å². The van der Waals surface area contributed by atoms with E-state index in [2.05, 4.69) is 20.8 Å². The Hall–Kier alpha value is -0.313. The summed E-state index contributed by atoms with van der Waals surface area (Å²) in [6.07, 6.45) is 5.09. The van der Waals surface area contributed by atoms with Crippen LogP contribution in [0.2, 0.25) is 17.1 Å². The van der Waals surface area contributed by atoms with Gasteiger partial charge in [0.15, 0.2) is 0 Å². The highest BCUT2D eigenvalue weighted by Gasteiger charge is 2.40. The van der Waals surface area contributed by atoms with Gasteiger partial charge in [-0.15, -0.1) is 0 Å². The molecule has 1 aliphatic rings. The second-order valence-corrected chi connectivity index (χ2v) is 10.1. The van der Waals surface area contributed by atoms with Gasteiger partial charge in [-0.3, -0.25) is 4.79 Å². The van der Waals surface area contributed by atoms with Crippen molar-refractivity contribution >= 4 is 14.8 Å². The summed E-state index contributed by atoms with van der Waals surface area (Å²) in [4.78, 5) is 12.0. The summed E-state index contributed by atoms with van der Waals surface area (Å²) < 4.78 is 5.31. The SMILES string of the molecule is CCCOC(=O)C(C)C(C)(C)[SiH]1CCCCC1. The van der Waals surface area contributed by atoms with Gasteiger partial charge in [-0.05, 0) is 11.5 Å². The Kier molecular flexibility index (Phi) is 5.70. The number of carbonyl (C=O) groups is 1. The van der Waals surface area contributed by atoms with E-state index in [-0.39, 0.29) is 16.9 Å². The molecule has 2 nitrogen and oxygen atoms in total. The minimum atomic E-state index is -0.784. The van der Waals surface area contributed by atoms with Crippen LogP contribution in [0.4, 0.5) is 0 Å². The molecule has 1 rings (SSSR count). The van der Waals surface area contributed by atoms with Gasteiger partial charge >= 0.3 is 5.97 Å². The van der Waals surface area contributed by atoms with Gasteiger partial charge in [0.2, 0.25) is 0 Å². The molecule has 100 valence electrons. The summed E-state index contributed by atoms with van der Waals surface area (Å²) in [5.41, 5.74) is 0. The van der Waals surface area contributed by atoms with E-state index in [9.17, 15) is 4.79 Å². The number of rotatable bonds is 5. The molecule has 1 atom stereocenters. The van der Waals surface area contributed by atoms with E-state index in [4.69, 9.17) is 4.74 Å². The third-order valence-electron chi connectivity index (χ3n) is 4.58. The minimum Gasteiger partial charge on any atom is -0.465 e. The first kappa shape index (κ1) is 14.7. The van der Waals surface area contributed by atoms with Crippen LogP contribution >= 0.6 is 0 Å². The smallest absolute Gasteiger partial charge is 0.308 e. The lowest BCUT2D eigenvalue weighted by molar-refractivity contribution is -0.149. The molecule has 1 fully saturated rings. The van der Waals surface area contributed by atoms with Crippen LogP contribution in [0.25, 0.3) is 0 Å². The number of hydrogen-bond acceptors (Lipinski definition) is 2. The Bertz CT molecular complexity index is 245. The monoisotopic (exact) mass is 256 g/mol. The van der Waals surface area contributed by atoms with Crippen molar-refractivity contribution in [2.24, 2.45) is 5.92 Å². The van der Waals surface area contributed by atoms with Gasteiger partial charge in [-0.1, -0.05) is 59.0 Å². The zero-order chi connectivity index (χ0) is 12.9. The second-order valence-electron chi connectivity index (χ2n) is 6.05. The molecule has 0 bridgehead atoms. The number of esters is 1. The first-order valence-corrected chi connectivity index (χ1v) is 9.37. The van der Waals surface area contributed by atoms with Crippen molar-refractivity contribution in [3.8, 4) is 0 Å². The average molecular weight is 256 g/mol. The molecule has 0 saturated carbocycles. The predicted octanol–water partition coefficient (Wildman–Crippen LogP) is 3.77. The molecule has 0 aromatic rings. The lowest BCUT2D eigenvalue weighted by Crippen LogP contribution is -2.38. The topological polar surface area (TPSA) is 26.3 Å². The van der Waals surface area contributed by atoms with Gasteiger partial charge in [0.05, 0.1) is 12.5 Å². The number of hydrogen-bond donors (Lipinski definition) is 0. The van der Waals surface area contributed by atoms with E-state index >= 15 is 0 Å². The summed E-state index contributed by atoms with van der Waals surface area (Å²) in [6, 6.07) is 2.83. The fraction of sp³-hybridized carbons (Fsp3) is 0.929. The van der Waals surface area contributed by atoms with E-state index in [0.717, 1.165) is 6.42 Å². The first-order chi connectivity index (χ1) is 8.00. The molecule has 3 heteroatoms. The molecule has 0 aromatic heterocycles. The first-order valence-electron chi connectivity index (χ1n) is 7.16. The molecule has 1 aliphatic heterocycles. The normalized spacial score (nSPS) is 20.0. The lowest BCUT2D eigenvalue weighted by atomic mass is 9.97. The maximum atomic E-state index is 12.0. The van der Waals surface area contributed by atoms with Gasteiger partial charge in [-0.2, -0.15) is 0 Å². The van der Waals surface area contributed by atoms with Crippen LogP contribution in [0.5, 0.6) is 0 Å². The van der Waals surface area contributed by atoms with Crippen LogP contribution in [-0.2, 0) is 9.53 Å². The van der Waals surface area contributed by atoms with Crippen molar-refractivity contribution in [2.75, 3.05) is 6.61 Å². The molecule has 0 amide bonds. The van der Waals surface area contributed by atoms with Crippen LogP contribution in [0.3, 0.4) is 0 Å². The third-order valence-corrected chi connectivity index (χ3v) is 9.39. The Balaban J connectivity index is 2.57. The molecule has 0 aliphatic carbocycles. The van der Waals surface area contributed by atoms with E-state index in [1.807, 2.05) is 6.92 Å². The Labute approximate surface area is 108 Å². The molecule has 0 radical (unpaired) electrons. The summed E-state index contributed by atoms with van der Waals surface area (Å²) >= 11 is 0. The van der Waals surface area contributed by atoms with Gasteiger partial charge in [-0.25, -0.2) is 0 Å². The predicted molar refractivity (Wildman–Crippen MR) is 75.1 cm³/mol. The third kappa shape index (κ3) is 3.83. The van der Waals surface area contributed by atoms with Crippen molar-refractivity contribution < 1.29 is 9.53 Å². The van der Waals surface area contributed by atoms with Crippen molar-refractivity contribution in [1.82, 2.24) is 0 Å². The number of ether oxygens (including phenoxy) is 1. The van der Waals surface area contributed by atoms with E-state index in [1.165, 1.54) is 31.4 Å². The summed E-state index contributed by atoms with van der Waals surface area (Å²) in [6.45, 7) is 9.28. The molecule has 1 heterocycles. The quantitative estimate of drug-likeness (QED) is 0.553. The van der Waals surface area contributed by atoms with Crippen molar-refractivity contribution in [2.45, 2.75) is 70.5 Å². The van der Waals surface area contributed by atoms with Crippen LogP contribution in [0.15, 0.2) is 0 Å². The van der Waals surface area contributed by atoms with Crippen LogP contribution < -0.4 is 0 Å². The molecule has 0 spiro atoms. The van der Waals surface area contributed by atoms with Gasteiger partial charge in [0.25, 0.3) is 0 Å². The van der Waals surface area contributed by atoms with Gasteiger partial charge in [0.1, 0.15) is 0 Å². The highest BCUT2D eigenvalue weighted by atomic mass is 28.3. The zero-order valence-corrected chi connectivity index (χ0v) is 13.1. The van der Waals surface area contributed by atoms with E-state index < -0.39 is 8.80 Å². The molecule has 1 saturated heterocycles. The van der Waals surface area contributed by atoms with Gasteiger partial charge < -0.3 is 4.74 Å². The Morgan fingerprint density at radius 2 is 1.88 bits per heavy atom. The average Bonchev–Trinajstić information content (AvgIpc) is 2.36. The largest absolute Gasteiger partial charge is 0.465 e. The van der Waals surface area contributed by atoms with Crippen molar-refractivity contribution in [1.29, 1.82) is 0 Å². The Morgan fingerprint density at radius 1 is 1.29 bits per heavy atom. The summed E-state index contributed by atoms with van der Waals surface area (Å²) in [5, 5.41) is 0.214. The fourth-order valence-electron chi connectivity index (χ4n) is 2.83. The molecule has 1 unspecified atom stereocenters. The molecular weight excluding hydrogens is 228 g/mol. The Morgan fingerprint density at radius 3 is 2.41 bits per heavy atom. The molecule has 0 N–H and O–H groups in total. The highest BCUT2D eigenvalue weighted by molar-refractivity contribution is 6.62. The van der Waals surface area contributed by atoms with Crippen molar-refractivity contribution in [3.63, 3.8) is 0 Å². The summed E-state index contributed by atoms with van der Waals surface area (Å²) in [7, 11) is -0.784. The second kappa shape index (κ2) is 6.57. The van der Waals surface area contributed by atoms with Crippen molar-refractivity contribution in [3.05, 3.63) is 0 Å². The van der Waals surface area contributed by atoms with E-state index in [1.54, 1.807) is 0 Å². The molecular formula is C14H28O2Si. The number of carbonyl (C=O) groups excluding carboxylic acids is 1. The van der Waals surface area contributed by atoms with E-state index in [0.29, 0.717) is 6.61 Å². The minimum absolute atomic E-state index is 0.0231. The maximum absolute atomic E-state index is 12.0. The zero-order valence-electron chi connectivity index (χ0n) is 11.9. The summed E-state index contributed by atoms with van der Waals surface area (Å²) in [5.74, 6) is 0.0961. The van der Waals surface area contributed by atoms with Crippen LogP contribution in [0, 0.1) is 5.92 Å². The fourth-order valence-corrected chi connectivity index (χ4v) is 7.01. The highest BCUT2D eigenvalue weighted by Crippen LogP contribution is 2.44. The maximum Gasteiger partial charge on any atom is 0.308 e. The molecule has 17 heavy (non-hydrogen) atoms. The van der Waals surface area contributed by atoms with Gasteiger partial charge in [0, 0.05) is 8.80 Å². The van der Waals surface area contributed by atoms with Crippen LogP contribution in [-0.4, -0.2) is 21.4 Å².